The molecular formula is C13H23N3. The molecule has 0 radical (unpaired) electrons. The van der Waals surface area contributed by atoms with Crippen molar-refractivity contribution < 1.29 is 0 Å². The lowest BCUT2D eigenvalue weighted by Crippen LogP contribution is -2.34. The van der Waals surface area contributed by atoms with E-state index >= 15 is 0 Å². The summed E-state index contributed by atoms with van der Waals surface area (Å²) in [6, 6.07) is 0. The summed E-state index contributed by atoms with van der Waals surface area (Å²) in [6.45, 7) is 8.99. The first-order chi connectivity index (χ1) is 7.43. The van der Waals surface area contributed by atoms with Crippen molar-refractivity contribution in [2.75, 3.05) is 0 Å². The van der Waals surface area contributed by atoms with Crippen LogP contribution in [0.2, 0.25) is 0 Å². The summed E-state index contributed by atoms with van der Waals surface area (Å²) in [5.41, 5.74) is 0.321. The van der Waals surface area contributed by atoms with Gasteiger partial charge < -0.3 is 4.57 Å². The van der Waals surface area contributed by atoms with Crippen molar-refractivity contribution in [2.24, 2.45) is 0 Å². The lowest BCUT2D eigenvalue weighted by molar-refractivity contribution is 0.268. The van der Waals surface area contributed by atoms with Crippen LogP contribution in [-0.2, 0) is 11.0 Å². The Morgan fingerprint density at radius 3 is 2.38 bits per heavy atom. The van der Waals surface area contributed by atoms with Crippen LogP contribution in [0, 0.1) is 0 Å². The van der Waals surface area contributed by atoms with Gasteiger partial charge in [-0.15, -0.1) is 10.2 Å². The molecule has 0 saturated heterocycles. The Labute approximate surface area is 98.3 Å². The van der Waals surface area contributed by atoms with E-state index in [2.05, 4.69) is 42.5 Å². The molecule has 0 atom stereocenters. The minimum atomic E-state index is 0.0826. The van der Waals surface area contributed by atoms with Crippen molar-refractivity contribution in [1.29, 1.82) is 0 Å². The van der Waals surface area contributed by atoms with E-state index in [0.29, 0.717) is 0 Å². The fourth-order valence-corrected chi connectivity index (χ4v) is 2.69. The van der Waals surface area contributed by atoms with Gasteiger partial charge >= 0.3 is 0 Å². The second kappa shape index (κ2) is 3.86. The quantitative estimate of drug-likeness (QED) is 0.728. The van der Waals surface area contributed by atoms with Crippen molar-refractivity contribution >= 4 is 0 Å². The number of hydrogen-bond acceptors (Lipinski definition) is 2. The standard InChI is InChI=1S/C13H23N3/c1-12(2,3)16-10-14-15-11(16)13(4)8-6-5-7-9-13/h10H,5-9H2,1-4H3. The SMILES string of the molecule is CC1(c2nncn2C(C)(C)C)CCCCC1. The van der Waals surface area contributed by atoms with Gasteiger partial charge in [0.2, 0.25) is 0 Å². The lowest BCUT2D eigenvalue weighted by Gasteiger charge is -2.35. The van der Waals surface area contributed by atoms with E-state index in [1.54, 1.807) is 0 Å². The van der Waals surface area contributed by atoms with Crippen LogP contribution in [0.4, 0.5) is 0 Å². The van der Waals surface area contributed by atoms with E-state index in [-0.39, 0.29) is 11.0 Å². The van der Waals surface area contributed by atoms with Crippen molar-refractivity contribution in [1.82, 2.24) is 14.8 Å². The van der Waals surface area contributed by atoms with Crippen LogP contribution in [0.25, 0.3) is 0 Å². The zero-order valence-electron chi connectivity index (χ0n) is 11.0. The molecule has 1 fully saturated rings. The third kappa shape index (κ3) is 2.00. The third-order valence-corrected chi connectivity index (χ3v) is 3.77. The maximum Gasteiger partial charge on any atom is 0.139 e. The molecule has 2 rings (SSSR count). The van der Waals surface area contributed by atoms with Crippen molar-refractivity contribution in [3.05, 3.63) is 12.2 Å². The van der Waals surface area contributed by atoms with E-state index < -0.39 is 0 Å². The first-order valence-corrected chi connectivity index (χ1v) is 6.34. The molecule has 1 aromatic heterocycles. The molecule has 0 bridgehead atoms. The molecule has 1 heterocycles. The second-order valence-corrected chi connectivity index (χ2v) is 6.32. The first kappa shape index (κ1) is 11.6. The van der Waals surface area contributed by atoms with Crippen LogP contribution in [0.1, 0.15) is 65.6 Å². The monoisotopic (exact) mass is 221 g/mol. The smallest absolute Gasteiger partial charge is 0.139 e. The fourth-order valence-electron chi connectivity index (χ4n) is 2.69. The molecule has 90 valence electrons. The summed E-state index contributed by atoms with van der Waals surface area (Å²) in [4.78, 5) is 0. The van der Waals surface area contributed by atoms with Gasteiger partial charge in [0.1, 0.15) is 12.2 Å². The molecule has 0 aromatic carbocycles. The van der Waals surface area contributed by atoms with Crippen LogP contribution in [-0.4, -0.2) is 14.8 Å². The van der Waals surface area contributed by atoms with Gasteiger partial charge in [-0.1, -0.05) is 26.2 Å². The maximum atomic E-state index is 4.39. The number of hydrogen-bond donors (Lipinski definition) is 0. The molecule has 3 heteroatoms. The van der Waals surface area contributed by atoms with Gasteiger partial charge in [-0.05, 0) is 33.6 Å². The summed E-state index contributed by atoms with van der Waals surface area (Å²) in [5.74, 6) is 1.18. The molecule has 1 aromatic rings. The Balaban J connectivity index is 2.36. The summed E-state index contributed by atoms with van der Waals surface area (Å²) in [6.07, 6.45) is 8.42. The van der Waals surface area contributed by atoms with Gasteiger partial charge in [0, 0.05) is 11.0 Å². The zero-order chi connectivity index (χ0) is 11.8. The second-order valence-electron chi connectivity index (χ2n) is 6.32. The normalized spacial score (nSPS) is 21.0. The predicted octanol–water partition coefficient (Wildman–Crippen LogP) is 3.25. The molecular weight excluding hydrogens is 198 g/mol. The molecule has 3 nitrogen and oxygen atoms in total. The molecule has 1 aliphatic rings. The van der Waals surface area contributed by atoms with Crippen LogP contribution in [0.3, 0.4) is 0 Å². The predicted molar refractivity (Wildman–Crippen MR) is 65.5 cm³/mol. The fraction of sp³-hybridized carbons (Fsp3) is 0.846. The minimum Gasteiger partial charge on any atom is -0.312 e. The average Bonchev–Trinajstić information content (AvgIpc) is 2.67. The Hall–Kier alpha value is -0.860. The lowest BCUT2D eigenvalue weighted by atomic mass is 9.75. The largest absolute Gasteiger partial charge is 0.312 e. The van der Waals surface area contributed by atoms with Crippen LogP contribution in [0.15, 0.2) is 6.33 Å². The number of rotatable bonds is 1. The van der Waals surface area contributed by atoms with Crippen molar-refractivity contribution in [3.63, 3.8) is 0 Å². The molecule has 1 aliphatic carbocycles. The Morgan fingerprint density at radius 2 is 1.81 bits per heavy atom. The maximum absolute atomic E-state index is 4.39. The van der Waals surface area contributed by atoms with E-state index in [1.807, 2.05) is 6.33 Å². The van der Waals surface area contributed by atoms with E-state index in [9.17, 15) is 0 Å². The van der Waals surface area contributed by atoms with E-state index in [0.717, 1.165) is 0 Å². The minimum absolute atomic E-state index is 0.0826. The van der Waals surface area contributed by atoms with Crippen LogP contribution in [0.5, 0.6) is 0 Å². The van der Waals surface area contributed by atoms with Crippen molar-refractivity contribution in [3.8, 4) is 0 Å². The highest BCUT2D eigenvalue weighted by atomic mass is 15.3. The summed E-state index contributed by atoms with van der Waals surface area (Å²) in [5, 5.41) is 8.51. The molecule has 16 heavy (non-hydrogen) atoms. The van der Waals surface area contributed by atoms with Gasteiger partial charge in [0.15, 0.2) is 0 Å². The van der Waals surface area contributed by atoms with Gasteiger partial charge in [-0.3, -0.25) is 0 Å². The highest BCUT2D eigenvalue weighted by Crippen LogP contribution is 2.39. The zero-order valence-corrected chi connectivity index (χ0v) is 11.0. The molecule has 0 amide bonds. The van der Waals surface area contributed by atoms with Gasteiger partial charge in [-0.25, -0.2) is 0 Å². The van der Waals surface area contributed by atoms with Crippen molar-refractivity contribution in [2.45, 2.75) is 70.8 Å². The van der Waals surface area contributed by atoms with Crippen LogP contribution < -0.4 is 0 Å². The summed E-state index contributed by atoms with van der Waals surface area (Å²) < 4.78 is 2.25. The molecule has 0 spiro atoms. The van der Waals surface area contributed by atoms with Gasteiger partial charge in [0.25, 0.3) is 0 Å². The Bertz CT molecular complexity index is 353. The highest BCUT2D eigenvalue weighted by Gasteiger charge is 2.35. The van der Waals surface area contributed by atoms with Gasteiger partial charge in [0.05, 0.1) is 0 Å². The van der Waals surface area contributed by atoms with E-state index in [1.165, 1.54) is 37.9 Å². The molecule has 0 aliphatic heterocycles. The third-order valence-electron chi connectivity index (χ3n) is 3.77. The summed E-state index contributed by atoms with van der Waals surface area (Å²) in [7, 11) is 0. The number of aromatic nitrogens is 3. The first-order valence-electron chi connectivity index (χ1n) is 6.34. The molecule has 0 N–H and O–H groups in total. The van der Waals surface area contributed by atoms with Crippen LogP contribution >= 0.6 is 0 Å². The Morgan fingerprint density at radius 1 is 1.19 bits per heavy atom. The highest BCUT2D eigenvalue weighted by molar-refractivity contribution is 5.09. The molecule has 0 unspecified atom stereocenters. The number of nitrogens with zero attached hydrogens (tertiary/aromatic N) is 3. The Kier molecular flexibility index (Phi) is 2.81. The van der Waals surface area contributed by atoms with E-state index in [4.69, 9.17) is 0 Å². The summed E-state index contributed by atoms with van der Waals surface area (Å²) >= 11 is 0. The molecule has 1 saturated carbocycles. The average molecular weight is 221 g/mol. The van der Waals surface area contributed by atoms with Gasteiger partial charge in [-0.2, -0.15) is 0 Å². The topological polar surface area (TPSA) is 30.7 Å².